The molecule has 0 aliphatic rings. The number of nitrogens with zero attached hydrogens (tertiary/aromatic N) is 1. The lowest BCUT2D eigenvalue weighted by molar-refractivity contribution is 0.598. The van der Waals surface area contributed by atoms with Gasteiger partial charge in [0.05, 0.1) is 5.75 Å². The quantitative estimate of drug-likeness (QED) is 0.373. The van der Waals surface area contributed by atoms with Crippen molar-refractivity contribution in [3.63, 3.8) is 0 Å². The van der Waals surface area contributed by atoms with Crippen molar-refractivity contribution in [3.05, 3.63) is 0 Å². The standard InChI is InChI=1S/C11H25N3O2S2/c1-12-11(13-7-4-5-9-17-2)14-8-6-10-18(3,15)16/h4-10H2,1-3H3,(H2,12,13,14). The van der Waals surface area contributed by atoms with Crippen molar-refractivity contribution in [3.8, 4) is 0 Å². The Hall–Kier alpha value is -0.430. The highest BCUT2D eigenvalue weighted by molar-refractivity contribution is 7.98. The fraction of sp³-hybridized carbons (Fsp3) is 0.909. The molecule has 5 nitrogen and oxygen atoms in total. The summed E-state index contributed by atoms with van der Waals surface area (Å²) in [6.45, 7) is 1.52. The maximum atomic E-state index is 10.9. The Morgan fingerprint density at radius 3 is 2.28 bits per heavy atom. The molecular formula is C11H25N3O2S2. The van der Waals surface area contributed by atoms with E-state index in [2.05, 4.69) is 21.9 Å². The summed E-state index contributed by atoms with van der Waals surface area (Å²) in [4.78, 5) is 4.08. The van der Waals surface area contributed by atoms with E-state index in [1.165, 1.54) is 18.4 Å². The van der Waals surface area contributed by atoms with Crippen LogP contribution in [0.4, 0.5) is 0 Å². The van der Waals surface area contributed by atoms with Gasteiger partial charge < -0.3 is 10.6 Å². The topological polar surface area (TPSA) is 70.6 Å². The second-order valence-corrected chi connectivity index (χ2v) is 7.35. The minimum absolute atomic E-state index is 0.213. The Morgan fingerprint density at radius 1 is 1.17 bits per heavy atom. The van der Waals surface area contributed by atoms with Crippen molar-refractivity contribution in [2.75, 3.05) is 44.2 Å². The van der Waals surface area contributed by atoms with Gasteiger partial charge in [-0.2, -0.15) is 11.8 Å². The number of hydrogen-bond acceptors (Lipinski definition) is 4. The Morgan fingerprint density at radius 2 is 1.78 bits per heavy atom. The molecule has 0 aromatic carbocycles. The molecule has 18 heavy (non-hydrogen) atoms. The number of unbranched alkanes of at least 4 members (excludes halogenated alkanes) is 1. The Bertz CT molecular complexity index is 329. The average molecular weight is 295 g/mol. The van der Waals surface area contributed by atoms with E-state index in [9.17, 15) is 8.42 Å². The van der Waals surface area contributed by atoms with Gasteiger partial charge >= 0.3 is 0 Å². The highest BCUT2D eigenvalue weighted by Gasteiger charge is 2.02. The first kappa shape index (κ1) is 17.6. The van der Waals surface area contributed by atoms with E-state index in [-0.39, 0.29) is 5.75 Å². The summed E-state index contributed by atoms with van der Waals surface area (Å²) in [5, 5.41) is 6.31. The van der Waals surface area contributed by atoms with Crippen molar-refractivity contribution >= 4 is 27.6 Å². The maximum absolute atomic E-state index is 10.9. The van der Waals surface area contributed by atoms with E-state index in [0.717, 1.165) is 18.9 Å². The van der Waals surface area contributed by atoms with Crippen LogP contribution in [0.1, 0.15) is 19.3 Å². The molecule has 0 spiro atoms. The minimum Gasteiger partial charge on any atom is -0.356 e. The van der Waals surface area contributed by atoms with Gasteiger partial charge in [-0.25, -0.2) is 8.42 Å². The molecule has 0 amide bonds. The largest absolute Gasteiger partial charge is 0.356 e. The van der Waals surface area contributed by atoms with E-state index in [1.807, 2.05) is 11.8 Å². The van der Waals surface area contributed by atoms with Crippen LogP contribution < -0.4 is 10.6 Å². The van der Waals surface area contributed by atoms with E-state index in [0.29, 0.717) is 13.0 Å². The van der Waals surface area contributed by atoms with Crippen molar-refractivity contribution < 1.29 is 8.42 Å². The molecule has 0 aromatic heterocycles. The van der Waals surface area contributed by atoms with Gasteiger partial charge in [0.25, 0.3) is 0 Å². The molecule has 0 heterocycles. The number of thioether (sulfide) groups is 1. The normalized spacial score (nSPS) is 12.5. The van der Waals surface area contributed by atoms with Gasteiger partial charge in [0.2, 0.25) is 0 Å². The van der Waals surface area contributed by atoms with Gasteiger partial charge in [-0.1, -0.05) is 0 Å². The predicted octanol–water partition coefficient (Wildman–Crippen LogP) is 0.729. The van der Waals surface area contributed by atoms with Crippen molar-refractivity contribution in [1.29, 1.82) is 0 Å². The molecule has 0 radical (unpaired) electrons. The maximum Gasteiger partial charge on any atom is 0.190 e. The molecule has 0 aromatic rings. The molecule has 0 fully saturated rings. The molecule has 0 aliphatic carbocycles. The number of aliphatic imine (C=N–C) groups is 1. The number of guanidine groups is 1. The Kier molecular flexibility index (Phi) is 10.2. The molecule has 0 unspecified atom stereocenters. The lowest BCUT2D eigenvalue weighted by Gasteiger charge is -2.11. The fourth-order valence-corrected chi connectivity index (χ4v) is 2.50. The van der Waals surface area contributed by atoms with Crippen LogP contribution in [0.15, 0.2) is 4.99 Å². The van der Waals surface area contributed by atoms with E-state index < -0.39 is 9.84 Å². The summed E-state index contributed by atoms with van der Waals surface area (Å²) in [7, 11) is -1.14. The second kappa shape index (κ2) is 10.5. The predicted molar refractivity (Wildman–Crippen MR) is 81.3 cm³/mol. The van der Waals surface area contributed by atoms with Gasteiger partial charge in [-0.15, -0.1) is 0 Å². The third kappa shape index (κ3) is 12.0. The fourth-order valence-electron chi connectivity index (χ4n) is 1.34. The molecule has 0 aliphatic heterocycles. The molecule has 0 saturated heterocycles. The Labute approximate surface area is 115 Å². The second-order valence-electron chi connectivity index (χ2n) is 4.11. The van der Waals surface area contributed by atoms with Gasteiger partial charge in [-0.3, -0.25) is 4.99 Å². The van der Waals surface area contributed by atoms with Crippen LogP contribution in [-0.2, 0) is 9.84 Å². The summed E-state index contributed by atoms with van der Waals surface area (Å²) in [6, 6.07) is 0. The molecule has 0 atom stereocenters. The number of nitrogens with one attached hydrogen (secondary N) is 2. The summed E-state index contributed by atoms with van der Waals surface area (Å²) in [5.74, 6) is 2.14. The first-order valence-corrected chi connectivity index (χ1v) is 9.56. The van der Waals surface area contributed by atoms with Crippen LogP contribution in [0.25, 0.3) is 0 Å². The molecular weight excluding hydrogens is 270 g/mol. The summed E-state index contributed by atoms with van der Waals surface area (Å²) in [6.07, 6.45) is 6.28. The van der Waals surface area contributed by atoms with Gasteiger partial charge in [0.15, 0.2) is 5.96 Å². The van der Waals surface area contributed by atoms with Crippen molar-refractivity contribution in [2.45, 2.75) is 19.3 Å². The first-order chi connectivity index (χ1) is 8.49. The van der Waals surface area contributed by atoms with Gasteiger partial charge in [0.1, 0.15) is 9.84 Å². The third-order valence-electron chi connectivity index (χ3n) is 2.28. The molecule has 0 bridgehead atoms. The highest BCUT2D eigenvalue weighted by Crippen LogP contribution is 1.97. The smallest absolute Gasteiger partial charge is 0.190 e. The Balaban J connectivity index is 3.60. The molecule has 108 valence electrons. The van der Waals surface area contributed by atoms with Gasteiger partial charge in [0, 0.05) is 26.4 Å². The zero-order valence-corrected chi connectivity index (χ0v) is 13.2. The van der Waals surface area contributed by atoms with Crippen molar-refractivity contribution in [1.82, 2.24) is 10.6 Å². The lowest BCUT2D eigenvalue weighted by atomic mass is 10.3. The van der Waals surface area contributed by atoms with Crippen LogP contribution in [0.5, 0.6) is 0 Å². The zero-order chi connectivity index (χ0) is 13.9. The summed E-state index contributed by atoms with van der Waals surface area (Å²) >= 11 is 1.85. The number of hydrogen-bond donors (Lipinski definition) is 2. The van der Waals surface area contributed by atoms with E-state index in [4.69, 9.17) is 0 Å². The number of rotatable bonds is 9. The van der Waals surface area contributed by atoms with E-state index in [1.54, 1.807) is 7.05 Å². The average Bonchev–Trinajstić information content (AvgIpc) is 2.30. The van der Waals surface area contributed by atoms with Crippen LogP contribution in [-0.4, -0.2) is 58.5 Å². The van der Waals surface area contributed by atoms with Crippen LogP contribution in [0.2, 0.25) is 0 Å². The molecule has 0 saturated carbocycles. The molecule has 0 rings (SSSR count). The van der Waals surface area contributed by atoms with Crippen molar-refractivity contribution in [2.24, 2.45) is 4.99 Å². The van der Waals surface area contributed by atoms with Gasteiger partial charge in [-0.05, 0) is 31.3 Å². The lowest BCUT2D eigenvalue weighted by Crippen LogP contribution is -2.38. The van der Waals surface area contributed by atoms with Crippen LogP contribution in [0.3, 0.4) is 0 Å². The minimum atomic E-state index is -2.86. The van der Waals surface area contributed by atoms with E-state index >= 15 is 0 Å². The molecule has 7 heteroatoms. The summed E-state index contributed by atoms with van der Waals surface area (Å²) in [5.41, 5.74) is 0. The van der Waals surface area contributed by atoms with Crippen LogP contribution >= 0.6 is 11.8 Å². The third-order valence-corrected chi connectivity index (χ3v) is 4.00. The molecule has 2 N–H and O–H groups in total. The monoisotopic (exact) mass is 295 g/mol. The van der Waals surface area contributed by atoms with Crippen LogP contribution in [0, 0.1) is 0 Å². The SMILES string of the molecule is CN=C(NCCCCSC)NCCCS(C)(=O)=O. The first-order valence-electron chi connectivity index (χ1n) is 6.11. The number of sulfone groups is 1. The highest BCUT2D eigenvalue weighted by atomic mass is 32.2. The zero-order valence-electron chi connectivity index (χ0n) is 11.5. The summed E-state index contributed by atoms with van der Waals surface area (Å²) < 4.78 is 21.9.